The van der Waals surface area contributed by atoms with Crippen LogP contribution in [0.2, 0.25) is 0 Å². The molecule has 0 atom stereocenters. The molecule has 0 unspecified atom stereocenters. The van der Waals surface area contributed by atoms with Crippen molar-refractivity contribution in [1.29, 1.82) is 0 Å². The minimum absolute atomic E-state index is 0.132. The third-order valence-corrected chi connectivity index (χ3v) is 4.92. The Hall–Kier alpha value is -1.89. The standard InChI is InChI=1S/C17H20N2O3S/c18-23(20,21)17-4-2-1-3-16(17)13-5-7-14(8-6-13)22-15-9-11-19-12-10-15/h1-8,15,19H,9-12H2,(H2,18,20,21). The topological polar surface area (TPSA) is 81.4 Å². The third-order valence-electron chi connectivity index (χ3n) is 3.95. The van der Waals surface area contributed by atoms with E-state index in [-0.39, 0.29) is 11.0 Å². The van der Waals surface area contributed by atoms with Crippen molar-refractivity contribution in [2.75, 3.05) is 13.1 Å². The molecular formula is C17H20N2O3S. The zero-order valence-corrected chi connectivity index (χ0v) is 13.6. The van der Waals surface area contributed by atoms with E-state index < -0.39 is 10.0 Å². The first-order chi connectivity index (χ1) is 11.0. The lowest BCUT2D eigenvalue weighted by atomic mass is 10.1. The van der Waals surface area contributed by atoms with E-state index in [1.165, 1.54) is 6.07 Å². The van der Waals surface area contributed by atoms with E-state index in [2.05, 4.69) is 5.32 Å². The third kappa shape index (κ3) is 3.90. The number of ether oxygens (including phenoxy) is 1. The fraction of sp³-hybridized carbons (Fsp3) is 0.294. The van der Waals surface area contributed by atoms with Gasteiger partial charge in [0, 0.05) is 5.56 Å². The number of sulfonamides is 1. The number of hydrogen-bond acceptors (Lipinski definition) is 4. The molecule has 0 bridgehead atoms. The Kier molecular flexibility index (Phi) is 4.66. The summed E-state index contributed by atoms with van der Waals surface area (Å²) in [6.45, 7) is 1.95. The van der Waals surface area contributed by atoms with Gasteiger partial charge in [-0.1, -0.05) is 30.3 Å². The van der Waals surface area contributed by atoms with Crippen molar-refractivity contribution in [2.24, 2.45) is 5.14 Å². The molecule has 122 valence electrons. The number of nitrogens with two attached hydrogens (primary N) is 1. The monoisotopic (exact) mass is 332 g/mol. The second kappa shape index (κ2) is 6.70. The van der Waals surface area contributed by atoms with Crippen LogP contribution in [-0.4, -0.2) is 27.6 Å². The predicted molar refractivity (Wildman–Crippen MR) is 89.8 cm³/mol. The van der Waals surface area contributed by atoms with Gasteiger partial charge in [0.15, 0.2) is 0 Å². The summed E-state index contributed by atoms with van der Waals surface area (Å²) in [5.74, 6) is 0.800. The summed E-state index contributed by atoms with van der Waals surface area (Å²) in [7, 11) is -3.75. The molecule has 0 aliphatic carbocycles. The van der Waals surface area contributed by atoms with Gasteiger partial charge >= 0.3 is 0 Å². The highest BCUT2D eigenvalue weighted by atomic mass is 32.2. The fourth-order valence-electron chi connectivity index (χ4n) is 2.77. The van der Waals surface area contributed by atoms with Gasteiger partial charge in [0.05, 0.1) is 4.90 Å². The summed E-state index contributed by atoms with van der Waals surface area (Å²) in [5, 5.41) is 8.59. The maximum atomic E-state index is 11.7. The molecule has 5 nitrogen and oxygen atoms in total. The van der Waals surface area contributed by atoms with Crippen LogP contribution in [-0.2, 0) is 10.0 Å². The number of primary sulfonamides is 1. The molecule has 23 heavy (non-hydrogen) atoms. The number of rotatable bonds is 4. The van der Waals surface area contributed by atoms with Crippen molar-refractivity contribution in [1.82, 2.24) is 5.32 Å². The molecule has 6 heteroatoms. The zero-order valence-electron chi connectivity index (χ0n) is 12.7. The summed E-state index contributed by atoms with van der Waals surface area (Å²) < 4.78 is 29.4. The van der Waals surface area contributed by atoms with Crippen molar-refractivity contribution >= 4 is 10.0 Å². The molecule has 2 aromatic carbocycles. The van der Waals surface area contributed by atoms with Crippen LogP contribution >= 0.6 is 0 Å². The summed E-state index contributed by atoms with van der Waals surface area (Å²) in [5.41, 5.74) is 1.40. The van der Waals surface area contributed by atoms with Crippen LogP contribution in [0.5, 0.6) is 5.75 Å². The second-order valence-electron chi connectivity index (χ2n) is 5.63. The van der Waals surface area contributed by atoms with Gasteiger partial charge in [0.2, 0.25) is 10.0 Å². The van der Waals surface area contributed by atoms with Gasteiger partial charge in [-0.05, 0) is 49.7 Å². The average molecular weight is 332 g/mol. The zero-order chi connectivity index (χ0) is 16.3. The Morgan fingerprint density at radius 3 is 2.30 bits per heavy atom. The normalized spacial score (nSPS) is 16.2. The fourth-order valence-corrected chi connectivity index (χ4v) is 3.53. The number of benzene rings is 2. The van der Waals surface area contributed by atoms with Crippen molar-refractivity contribution in [3.05, 3.63) is 48.5 Å². The van der Waals surface area contributed by atoms with Gasteiger partial charge in [-0.3, -0.25) is 0 Å². The highest BCUT2D eigenvalue weighted by Crippen LogP contribution is 2.28. The van der Waals surface area contributed by atoms with E-state index in [4.69, 9.17) is 9.88 Å². The molecule has 1 aliphatic rings. The Labute approximate surface area is 136 Å². The van der Waals surface area contributed by atoms with Crippen LogP contribution in [0.3, 0.4) is 0 Å². The summed E-state index contributed by atoms with van der Waals surface area (Å²) in [6.07, 6.45) is 2.23. The first-order valence-corrected chi connectivity index (χ1v) is 9.18. The first-order valence-electron chi connectivity index (χ1n) is 7.64. The minimum atomic E-state index is -3.75. The predicted octanol–water partition coefficient (Wildman–Crippen LogP) is 2.13. The van der Waals surface area contributed by atoms with E-state index in [1.54, 1.807) is 18.2 Å². The highest BCUT2D eigenvalue weighted by molar-refractivity contribution is 7.89. The largest absolute Gasteiger partial charge is 0.490 e. The summed E-state index contributed by atoms with van der Waals surface area (Å²) in [6, 6.07) is 14.2. The van der Waals surface area contributed by atoms with Gasteiger partial charge in [-0.25, -0.2) is 13.6 Å². The Morgan fingerprint density at radius 2 is 1.65 bits per heavy atom. The van der Waals surface area contributed by atoms with Gasteiger partial charge in [-0.2, -0.15) is 0 Å². The van der Waals surface area contributed by atoms with Gasteiger partial charge in [0.25, 0.3) is 0 Å². The molecule has 1 aliphatic heterocycles. The smallest absolute Gasteiger partial charge is 0.238 e. The van der Waals surface area contributed by atoms with Crippen molar-refractivity contribution in [3.63, 3.8) is 0 Å². The van der Waals surface area contributed by atoms with Gasteiger partial charge < -0.3 is 10.1 Å². The molecule has 1 fully saturated rings. The van der Waals surface area contributed by atoms with Crippen LogP contribution in [0, 0.1) is 0 Å². The molecule has 3 rings (SSSR count). The maximum Gasteiger partial charge on any atom is 0.238 e. The number of hydrogen-bond donors (Lipinski definition) is 2. The lowest BCUT2D eigenvalue weighted by Crippen LogP contribution is -2.34. The average Bonchev–Trinajstić information content (AvgIpc) is 2.56. The van der Waals surface area contributed by atoms with Crippen LogP contribution in [0.4, 0.5) is 0 Å². The van der Waals surface area contributed by atoms with Crippen LogP contribution in [0.1, 0.15) is 12.8 Å². The van der Waals surface area contributed by atoms with E-state index in [1.807, 2.05) is 24.3 Å². The lowest BCUT2D eigenvalue weighted by molar-refractivity contribution is 0.162. The van der Waals surface area contributed by atoms with Crippen molar-refractivity contribution in [3.8, 4) is 16.9 Å². The van der Waals surface area contributed by atoms with E-state index >= 15 is 0 Å². The Morgan fingerprint density at radius 1 is 1.00 bits per heavy atom. The highest BCUT2D eigenvalue weighted by Gasteiger charge is 2.16. The van der Waals surface area contributed by atoms with E-state index in [0.29, 0.717) is 5.56 Å². The molecule has 1 saturated heterocycles. The first kappa shape index (κ1) is 16.0. The SMILES string of the molecule is NS(=O)(=O)c1ccccc1-c1ccc(OC2CCNCC2)cc1. The Balaban J connectivity index is 1.83. The summed E-state index contributed by atoms with van der Waals surface area (Å²) in [4.78, 5) is 0.132. The van der Waals surface area contributed by atoms with Gasteiger partial charge in [0.1, 0.15) is 11.9 Å². The van der Waals surface area contributed by atoms with Crippen LogP contribution in [0.15, 0.2) is 53.4 Å². The Bertz CT molecular complexity index is 767. The van der Waals surface area contributed by atoms with E-state index in [0.717, 1.165) is 37.2 Å². The molecule has 0 radical (unpaired) electrons. The molecule has 1 heterocycles. The molecule has 0 aromatic heterocycles. The van der Waals surface area contributed by atoms with Crippen LogP contribution in [0.25, 0.3) is 11.1 Å². The van der Waals surface area contributed by atoms with Gasteiger partial charge in [-0.15, -0.1) is 0 Å². The molecule has 0 spiro atoms. The molecule has 2 aromatic rings. The lowest BCUT2D eigenvalue weighted by Gasteiger charge is -2.23. The van der Waals surface area contributed by atoms with Crippen molar-refractivity contribution < 1.29 is 13.2 Å². The van der Waals surface area contributed by atoms with Crippen molar-refractivity contribution in [2.45, 2.75) is 23.8 Å². The molecule has 3 N–H and O–H groups in total. The maximum absolute atomic E-state index is 11.7. The quantitative estimate of drug-likeness (QED) is 0.899. The molecular weight excluding hydrogens is 312 g/mol. The van der Waals surface area contributed by atoms with E-state index in [9.17, 15) is 8.42 Å². The molecule has 0 amide bonds. The summed E-state index contributed by atoms with van der Waals surface area (Å²) >= 11 is 0. The number of nitrogens with one attached hydrogen (secondary N) is 1. The molecule has 0 saturated carbocycles. The second-order valence-corrected chi connectivity index (χ2v) is 7.16. The van der Waals surface area contributed by atoms with Crippen LogP contribution < -0.4 is 15.2 Å². The number of piperidine rings is 1. The minimum Gasteiger partial charge on any atom is -0.490 e.